The third-order valence-corrected chi connectivity index (χ3v) is 5.07. The lowest BCUT2D eigenvalue weighted by Gasteiger charge is -2.33. The summed E-state index contributed by atoms with van der Waals surface area (Å²) in [6.07, 6.45) is 5.62. The highest BCUT2D eigenvalue weighted by Gasteiger charge is 2.27. The molecule has 1 aliphatic carbocycles. The minimum atomic E-state index is 0.596. The smallest absolute Gasteiger partial charge is 0.0359 e. The number of thiophene rings is 1. The van der Waals surface area contributed by atoms with E-state index in [0.29, 0.717) is 6.04 Å². The van der Waals surface area contributed by atoms with Crippen molar-refractivity contribution in [1.29, 1.82) is 0 Å². The molecule has 1 aliphatic rings. The van der Waals surface area contributed by atoms with Crippen LogP contribution in [0.2, 0.25) is 0 Å². The van der Waals surface area contributed by atoms with Crippen molar-refractivity contribution in [3.05, 3.63) is 21.9 Å². The van der Waals surface area contributed by atoms with E-state index in [2.05, 4.69) is 36.8 Å². The van der Waals surface area contributed by atoms with Gasteiger partial charge in [-0.3, -0.25) is 0 Å². The van der Waals surface area contributed by atoms with Crippen LogP contribution in [0.3, 0.4) is 0 Å². The largest absolute Gasteiger partial charge is 0.310 e. The predicted octanol–water partition coefficient (Wildman–Crippen LogP) is 4.53. The van der Waals surface area contributed by atoms with Gasteiger partial charge in [0.15, 0.2) is 0 Å². The summed E-state index contributed by atoms with van der Waals surface area (Å²) in [5.41, 5.74) is 3.02. The molecule has 0 radical (unpaired) electrons. The highest BCUT2D eigenvalue weighted by molar-refractivity contribution is 7.08. The van der Waals surface area contributed by atoms with E-state index in [0.717, 1.165) is 18.4 Å². The molecule has 1 aromatic rings. The molecule has 1 N–H and O–H groups in total. The standard InChI is InChI=1S/C15H25NS/c1-4-16-15(14-10-17-9-12(14)3)13-7-5-11(2)6-8-13/h9-11,13,15-16H,4-8H2,1-3H3. The molecule has 0 bridgehead atoms. The molecule has 0 spiro atoms. The Morgan fingerprint density at radius 3 is 2.53 bits per heavy atom. The van der Waals surface area contributed by atoms with E-state index in [4.69, 9.17) is 0 Å². The Morgan fingerprint density at radius 2 is 2.00 bits per heavy atom. The molecular formula is C15H25NS. The second kappa shape index (κ2) is 6.01. The molecule has 1 unspecified atom stereocenters. The number of hydrogen-bond donors (Lipinski definition) is 1. The van der Waals surface area contributed by atoms with Gasteiger partial charge in [-0.05, 0) is 60.0 Å². The topological polar surface area (TPSA) is 12.0 Å². The highest BCUT2D eigenvalue weighted by Crippen LogP contribution is 2.38. The van der Waals surface area contributed by atoms with Gasteiger partial charge in [0.2, 0.25) is 0 Å². The Balaban J connectivity index is 2.09. The Bertz CT molecular complexity index is 336. The maximum absolute atomic E-state index is 3.72. The Hall–Kier alpha value is -0.340. The van der Waals surface area contributed by atoms with E-state index in [9.17, 15) is 0 Å². The van der Waals surface area contributed by atoms with Gasteiger partial charge in [0.25, 0.3) is 0 Å². The zero-order valence-electron chi connectivity index (χ0n) is 11.3. The van der Waals surface area contributed by atoms with Crippen molar-refractivity contribution < 1.29 is 0 Å². The van der Waals surface area contributed by atoms with E-state index in [1.165, 1.54) is 31.2 Å². The molecule has 1 fully saturated rings. The first-order valence-electron chi connectivity index (χ1n) is 6.98. The molecule has 1 nitrogen and oxygen atoms in total. The second-order valence-electron chi connectivity index (χ2n) is 5.57. The van der Waals surface area contributed by atoms with Crippen molar-refractivity contribution in [3.63, 3.8) is 0 Å². The van der Waals surface area contributed by atoms with Crippen LogP contribution in [0.4, 0.5) is 0 Å². The summed E-state index contributed by atoms with van der Waals surface area (Å²) in [6.45, 7) is 7.95. The van der Waals surface area contributed by atoms with E-state index >= 15 is 0 Å². The van der Waals surface area contributed by atoms with Gasteiger partial charge in [0.1, 0.15) is 0 Å². The summed E-state index contributed by atoms with van der Waals surface area (Å²) in [6, 6.07) is 0.596. The maximum Gasteiger partial charge on any atom is 0.0359 e. The lowest BCUT2D eigenvalue weighted by Crippen LogP contribution is -2.30. The fourth-order valence-corrected chi connectivity index (χ4v) is 3.95. The number of hydrogen-bond acceptors (Lipinski definition) is 2. The quantitative estimate of drug-likeness (QED) is 0.829. The van der Waals surface area contributed by atoms with Crippen LogP contribution in [0.15, 0.2) is 10.8 Å². The van der Waals surface area contributed by atoms with Crippen molar-refractivity contribution in [2.45, 2.75) is 52.5 Å². The molecule has 96 valence electrons. The minimum absolute atomic E-state index is 0.596. The third-order valence-electron chi connectivity index (χ3n) is 4.19. The summed E-state index contributed by atoms with van der Waals surface area (Å²) in [5, 5.41) is 8.35. The molecule has 1 aromatic heterocycles. The van der Waals surface area contributed by atoms with Crippen molar-refractivity contribution in [2.24, 2.45) is 11.8 Å². The first-order valence-corrected chi connectivity index (χ1v) is 7.92. The summed E-state index contributed by atoms with van der Waals surface area (Å²) in [4.78, 5) is 0. The van der Waals surface area contributed by atoms with E-state index in [1.54, 1.807) is 5.56 Å². The van der Waals surface area contributed by atoms with Crippen LogP contribution >= 0.6 is 11.3 Å². The van der Waals surface area contributed by atoms with Crippen LogP contribution in [-0.2, 0) is 0 Å². The second-order valence-corrected chi connectivity index (χ2v) is 6.31. The first-order chi connectivity index (χ1) is 8.22. The highest BCUT2D eigenvalue weighted by atomic mass is 32.1. The number of aryl methyl sites for hydroxylation is 1. The molecule has 0 aromatic carbocycles. The van der Waals surface area contributed by atoms with Crippen molar-refractivity contribution >= 4 is 11.3 Å². The lowest BCUT2D eigenvalue weighted by atomic mass is 9.77. The third kappa shape index (κ3) is 3.11. The lowest BCUT2D eigenvalue weighted by molar-refractivity contribution is 0.233. The average molecular weight is 251 g/mol. The molecule has 17 heavy (non-hydrogen) atoms. The van der Waals surface area contributed by atoms with Crippen molar-refractivity contribution in [3.8, 4) is 0 Å². The molecule has 1 heterocycles. The minimum Gasteiger partial charge on any atom is -0.310 e. The normalized spacial score (nSPS) is 27.0. The van der Waals surface area contributed by atoms with Gasteiger partial charge in [-0.2, -0.15) is 11.3 Å². The van der Waals surface area contributed by atoms with E-state index < -0.39 is 0 Å². The van der Waals surface area contributed by atoms with Crippen molar-refractivity contribution in [2.75, 3.05) is 6.54 Å². The van der Waals surface area contributed by atoms with Crippen LogP contribution < -0.4 is 5.32 Å². The fraction of sp³-hybridized carbons (Fsp3) is 0.733. The molecule has 0 amide bonds. The Morgan fingerprint density at radius 1 is 1.29 bits per heavy atom. The SMILES string of the molecule is CCNC(c1cscc1C)C1CCC(C)CC1. The summed E-state index contributed by atoms with van der Waals surface area (Å²) in [7, 11) is 0. The van der Waals surface area contributed by atoms with Gasteiger partial charge in [-0.25, -0.2) is 0 Å². The number of rotatable bonds is 4. The molecule has 1 saturated carbocycles. The van der Waals surface area contributed by atoms with Gasteiger partial charge >= 0.3 is 0 Å². The Labute approximate surface area is 110 Å². The zero-order chi connectivity index (χ0) is 12.3. The monoisotopic (exact) mass is 251 g/mol. The van der Waals surface area contributed by atoms with Gasteiger partial charge < -0.3 is 5.32 Å². The van der Waals surface area contributed by atoms with Crippen LogP contribution in [0.1, 0.15) is 56.7 Å². The fourth-order valence-electron chi connectivity index (χ4n) is 3.06. The first kappa shape index (κ1) is 13.1. The molecule has 1 atom stereocenters. The maximum atomic E-state index is 3.72. The summed E-state index contributed by atoms with van der Waals surface area (Å²) in [5.74, 6) is 1.79. The van der Waals surface area contributed by atoms with Crippen LogP contribution in [0.5, 0.6) is 0 Å². The van der Waals surface area contributed by atoms with E-state index in [1.807, 2.05) is 11.3 Å². The van der Waals surface area contributed by atoms with Crippen molar-refractivity contribution in [1.82, 2.24) is 5.32 Å². The van der Waals surface area contributed by atoms with Crippen LogP contribution in [-0.4, -0.2) is 6.54 Å². The van der Waals surface area contributed by atoms with Gasteiger partial charge in [0, 0.05) is 6.04 Å². The molecule has 0 aliphatic heterocycles. The average Bonchev–Trinajstić information content (AvgIpc) is 2.74. The van der Waals surface area contributed by atoms with Crippen LogP contribution in [0, 0.1) is 18.8 Å². The molecular weight excluding hydrogens is 226 g/mol. The summed E-state index contributed by atoms with van der Waals surface area (Å²) < 4.78 is 0. The molecule has 0 saturated heterocycles. The van der Waals surface area contributed by atoms with Crippen LogP contribution in [0.25, 0.3) is 0 Å². The number of nitrogens with one attached hydrogen (secondary N) is 1. The Kier molecular flexibility index (Phi) is 4.63. The van der Waals surface area contributed by atoms with Gasteiger partial charge in [0.05, 0.1) is 0 Å². The van der Waals surface area contributed by atoms with Gasteiger partial charge in [-0.1, -0.05) is 26.7 Å². The zero-order valence-corrected chi connectivity index (χ0v) is 12.1. The predicted molar refractivity (Wildman–Crippen MR) is 76.6 cm³/mol. The summed E-state index contributed by atoms with van der Waals surface area (Å²) >= 11 is 1.84. The van der Waals surface area contributed by atoms with E-state index in [-0.39, 0.29) is 0 Å². The molecule has 2 rings (SSSR count). The molecule has 2 heteroatoms. The van der Waals surface area contributed by atoms with Gasteiger partial charge in [-0.15, -0.1) is 0 Å².